The van der Waals surface area contributed by atoms with Gasteiger partial charge in [-0.05, 0) is 54.3 Å². The molecule has 0 radical (unpaired) electrons. The standard InChI is InChI=1S/C22H19FN2O2/c23-18-11-9-16(10-12-18)15-24-13-4-7-19(21(24)26)22(27)25-14-3-6-17-5-1-2-8-20(17)25/h1-2,4-5,7-13H,3,6,14-15H2. The van der Waals surface area contributed by atoms with Crippen molar-refractivity contribution in [2.24, 2.45) is 0 Å². The van der Waals surface area contributed by atoms with Crippen molar-refractivity contribution in [3.05, 3.63) is 99.7 Å². The Morgan fingerprint density at radius 2 is 1.78 bits per heavy atom. The zero-order valence-corrected chi connectivity index (χ0v) is 14.8. The van der Waals surface area contributed by atoms with Gasteiger partial charge in [0.15, 0.2) is 0 Å². The van der Waals surface area contributed by atoms with E-state index in [-0.39, 0.29) is 29.4 Å². The predicted molar refractivity (Wildman–Crippen MR) is 103 cm³/mol. The first-order valence-corrected chi connectivity index (χ1v) is 8.97. The molecule has 27 heavy (non-hydrogen) atoms. The molecule has 5 heteroatoms. The van der Waals surface area contributed by atoms with Crippen LogP contribution < -0.4 is 10.5 Å². The van der Waals surface area contributed by atoms with Gasteiger partial charge in [0.25, 0.3) is 11.5 Å². The van der Waals surface area contributed by atoms with Crippen molar-refractivity contribution >= 4 is 11.6 Å². The number of rotatable bonds is 3. The van der Waals surface area contributed by atoms with E-state index in [1.807, 2.05) is 24.3 Å². The first kappa shape index (κ1) is 17.2. The molecule has 2 heterocycles. The van der Waals surface area contributed by atoms with Gasteiger partial charge in [-0.1, -0.05) is 30.3 Å². The van der Waals surface area contributed by atoms with Crippen LogP contribution >= 0.6 is 0 Å². The van der Waals surface area contributed by atoms with E-state index < -0.39 is 0 Å². The Bertz CT molecular complexity index is 1040. The number of para-hydroxylation sites is 1. The summed E-state index contributed by atoms with van der Waals surface area (Å²) in [5.41, 5.74) is 2.61. The molecule has 0 N–H and O–H groups in total. The maximum absolute atomic E-state index is 13.1. The highest BCUT2D eigenvalue weighted by Gasteiger charge is 2.25. The quantitative estimate of drug-likeness (QED) is 0.714. The van der Waals surface area contributed by atoms with Gasteiger partial charge in [0.2, 0.25) is 0 Å². The molecule has 0 saturated carbocycles. The summed E-state index contributed by atoms with van der Waals surface area (Å²) in [5, 5.41) is 0. The van der Waals surface area contributed by atoms with Crippen molar-refractivity contribution in [3.63, 3.8) is 0 Å². The highest BCUT2D eigenvalue weighted by molar-refractivity contribution is 6.06. The third-order valence-electron chi connectivity index (χ3n) is 4.87. The van der Waals surface area contributed by atoms with E-state index in [1.54, 1.807) is 35.4 Å². The summed E-state index contributed by atoms with van der Waals surface area (Å²) >= 11 is 0. The number of benzene rings is 2. The van der Waals surface area contributed by atoms with Crippen molar-refractivity contribution < 1.29 is 9.18 Å². The number of halogens is 1. The smallest absolute Gasteiger partial charge is 0.263 e. The average molecular weight is 362 g/mol. The summed E-state index contributed by atoms with van der Waals surface area (Å²) < 4.78 is 14.6. The molecule has 136 valence electrons. The van der Waals surface area contributed by atoms with E-state index in [0.717, 1.165) is 29.7 Å². The molecular weight excluding hydrogens is 343 g/mol. The van der Waals surface area contributed by atoms with Gasteiger partial charge in [-0.2, -0.15) is 0 Å². The van der Waals surface area contributed by atoms with Gasteiger partial charge in [-0.15, -0.1) is 0 Å². The Hall–Kier alpha value is -3.21. The molecule has 4 nitrogen and oxygen atoms in total. The molecule has 4 rings (SSSR count). The first-order valence-electron chi connectivity index (χ1n) is 8.97. The molecule has 1 aliphatic heterocycles. The molecule has 0 unspecified atom stereocenters. The van der Waals surface area contributed by atoms with Gasteiger partial charge in [0.05, 0.1) is 6.54 Å². The van der Waals surface area contributed by atoms with Crippen molar-refractivity contribution in [1.29, 1.82) is 0 Å². The Labute approximate surface area is 156 Å². The third kappa shape index (κ3) is 3.40. The number of anilines is 1. The van der Waals surface area contributed by atoms with Crippen LogP contribution in [-0.4, -0.2) is 17.0 Å². The Kier molecular flexibility index (Phi) is 4.59. The van der Waals surface area contributed by atoms with Crippen LogP contribution in [0.1, 0.15) is 27.9 Å². The molecule has 0 atom stereocenters. The number of hydrogen-bond donors (Lipinski definition) is 0. The normalized spacial score (nSPS) is 13.3. The predicted octanol–water partition coefficient (Wildman–Crippen LogP) is 3.63. The molecular formula is C22H19FN2O2. The van der Waals surface area contributed by atoms with Gasteiger partial charge in [0.1, 0.15) is 11.4 Å². The van der Waals surface area contributed by atoms with E-state index in [0.29, 0.717) is 6.54 Å². The van der Waals surface area contributed by atoms with Crippen LogP contribution in [0.15, 0.2) is 71.7 Å². The number of pyridine rings is 1. The van der Waals surface area contributed by atoms with Crippen LogP contribution in [-0.2, 0) is 13.0 Å². The van der Waals surface area contributed by atoms with E-state index >= 15 is 0 Å². The molecule has 0 fully saturated rings. The molecule has 3 aromatic rings. The monoisotopic (exact) mass is 362 g/mol. The minimum atomic E-state index is -0.338. The topological polar surface area (TPSA) is 42.3 Å². The first-order chi connectivity index (χ1) is 13.1. The highest BCUT2D eigenvalue weighted by atomic mass is 19.1. The summed E-state index contributed by atoms with van der Waals surface area (Å²) in [7, 11) is 0. The second-order valence-corrected chi connectivity index (χ2v) is 6.67. The number of nitrogens with zero attached hydrogens (tertiary/aromatic N) is 2. The van der Waals surface area contributed by atoms with E-state index in [2.05, 4.69) is 0 Å². The number of aromatic nitrogens is 1. The second kappa shape index (κ2) is 7.19. The number of carbonyl (C=O) groups is 1. The second-order valence-electron chi connectivity index (χ2n) is 6.67. The maximum Gasteiger partial charge on any atom is 0.263 e. The Morgan fingerprint density at radius 1 is 1.00 bits per heavy atom. The van der Waals surface area contributed by atoms with Gasteiger partial charge in [0, 0.05) is 18.4 Å². The minimum Gasteiger partial charge on any atom is -0.310 e. The lowest BCUT2D eigenvalue weighted by atomic mass is 10.0. The number of amides is 1. The average Bonchev–Trinajstić information content (AvgIpc) is 2.70. The molecule has 1 amide bonds. The summed E-state index contributed by atoms with van der Waals surface area (Å²) in [6.45, 7) is 0.888. The Morgan fingerprint density at radius 3 is 2.59 bits per heavy atom. The Balaban J connectivity index is 1.66. The number of fused-ring (bicyclic) bond motifs is 1. The zero-order valence-electron chi connectivity index (χ0n) is 14.8. The highest BCUT2D eigenvalue weighted by Crippen LogP contribution is 2.27. The summed E-state index contributed by atoms with van der Waals surface area (Å²) in [6, 6.07) is 17.1. The van der Waals surface area contributed by atoms with E-state index in [4.69, 9.17) is 0 Å². The lowest BCUT2D eigenvalue weighted by molar-refractivity contribution is 0.0983. The summed E-state index contributed by atoms with van der Waals surface area (Å²) in [5.74, 6) is -0.598. The van der Waals surface area contributed by atoms with Crippen molar-refractivity contribution in [3.8, 4) is 0 Å². The minimum absolute atomic E-state index is 0.149. The van der Waals surface area contributed by atoms with E-state index in [9.17, 15) is 14.0 Å². The lowest BCUT2D eigenvalue weighted by Crippen LogP contribution is -2.39. The molecule has 0 spiro atoms. The molecule has 1 aromatic heterocycles. The maximum atomic E-state index is 13.1. The van der Waals surface area contributed by atoms with Crippen molar-refractivity contribution in [1.82, 2.24) is 4.57 Å². The van der Waals surface area contributed by atoms with Crippen LogP contribution in [0, 0.1) is 5.82 Å². The van der Waals surface area contributed by atoms with Crippen LogP contribution in [0.3, 0.4) is 0 Å². The van der Waals surface area contributed by atoms with Gasteiger partial charge < -0.3 is 9.47 Å². The number of aryl methyl sites for hydroxylation is 1. The fraction of sp³-hybridized carbons (Fsp3) is 0.182. The lowest BCUT2D eigenvalue weighted by Gasteiger charge is -2.29. The fourth-order valence-corrected chi connectivity index (χ4v) is 3.50. The zero-order chi connectivity index (χ0) is 18.8. The van der Waals surface area contributed by atoms with Crippen LogP contribution in [0.25, 0.3) is 0 Å². The molecule has 1 aliphatic rings. The number of carbonyl (C=O) groups excluding carboxylic acids is 1. The molecule has 0 saturated heterocycles. The van der Waals surface area contributed by atoms with Gasteiger partial charge in [-0.3, -0.25) is 9.59 Å². The van der Waals surface area contributed by atoms with Crippen molar-refractivity contribution in [2.75, 3.05) is 11.4 Å². The van der Waals surface area contributed by atoms with Crippen molar-refractivity contribution in [2.45, 2.75) is 19.4 Å². The SMILES string of the molecule is O=C(c1cccn(Cc2ccc(F)cc2)c1=O)N1CCCc2ccccc21. The summed E-state index contributed by atoms with van der Waals surface area (Å²) in [6.07, 6.45) is 3.45. The van der Waals surface area contributed by atoms with Gasteiger partial charge in [-0.25, -0.2) is 4.39 Å². The van der Waals surface area contributed by atoms with Gasteiger partial charge >= 0.3 is 0 Å². The molecule has 0 aliphatic carbocycles. The third-order valence-corrected chi connectivity index (χ3v) is 4.87. The fourth-order valence-electron chi connectivity index (χ4n) is 3.50. The molecule has 2 aromatic carbocycles. The number of hydrogen-bond acceptors (Lipinski definition) is 2. The van der Waals surface area contributed by atoms with Crippen LogP contribution in [0.4, 0.5) is 10.1 Å². The van der Waals surface area contributed by atoms with E-state index in [1.165, 1.54) is 16.7 Å². The molecule has 0 bridgehead atoms. The van der Waals surface area contributed by atoms with Crippen LogP contribution in [0.5, 0.6) is 0 Å². The van der Waals surface area contributed by atoms with Crippen LogP contribution in [0.2, 0.25) is 0 Å². The summed E-state index contributed by atoms with van der Waals surface area (Å²) in [4.78, 5) is 27.7. The largest absolute Gasteiger partial charge is 0.310 e.